The Morgan fingerprint density at radius 2 is 2.13 bits per heavy atom. The van der Waals surface area contributed by atoms with Crippen LogP contribution in [0.25, 0.3) is 22.4 Å². The molecule has 7 heteroatoms. The number of hydrogen-bond acceptors (Lipinski definition) is 7. The maximum absolute atomic E-state index is 13.0. The smallest absolute Gasteiger partial charge is 0.347 e. The normalized spacial score (nSPS) is 17.1. The molecule has 7 nitrogen and oxygen atoms in total. The molecule has 3 heterocycles. The predicted molar refractivity (Wildman–Crippen MR) is 118 cm³/mol. The summed E-state index contributed by atoms with van der Waals surface area (Å²) in [5.74, 6) is 1.85. The quantitative estimate of drug-likeness (QED) is 0.640. The first kappa shape index (κ1) is 20.3. The van der Waals surface area contributed by atoms with Crippen LogP contribution in [-0.2, 0) is 0 Å². The second-order valence-corrected chi connectivity index (χ2v) is 8.26. The van der Waals surface area contributed by atoms with Crippen molar-refractivity contribution in [2.24, 2.45) is 0 Å². The summed E-state index contributed by atoms with van der Waals surface area (Å²) in [7, 11) is 5.77. The van der Waals surface area contributed by atoms with Crippen LogP contribution in [0.15, 0.2) is 39.7 Å². The number of rotatable bonds is 5. The van der Waals surface area contributed by atoms with Gasteiger partial charge in [0, 0.05) is 31.9 Å². The van der Waals surface area contributed by atoms with Gasteiger partial charge in [0.15, 0.2) is 0 Å². The standard InChI is InChI=1S/C23H28N4O3/c1-14(2)18-11-16(29-5)12-19-20(18)23(28)30-22(25-19)17-7-6-9-24-21(17)27(4)15-8-10-26(3)13-15/h6-7,9,11-12,14-15H,8,10,13H2,1-5H3. The number of likely N-dealkylation sites (N-methyl/N-ethyl adjacent to an activating group) is 2. The molecule has 1 unspecified atom stereocenters. The molecule has 0 radical (unpaired) electrons. The van der Waals surface area contributed by atoms with E-state index in [0.717, 1.165) is 30.9 Å². The van der Waals surface area contributed by atoms with Gasteiger partial charge >= 0.3 is 5.63 Å². The highest BCUT2D eigenvalue weighted by Gasteiger charge is 2.27. The highest BCUT2D eigenvalue weighted by molar-refractivity contribution is 5.85. The summed E-state index contributed by atoms with van der Waals surface area (Å²) in [6, 6.07) is 7.75. The number of aromatic nitrogens is 2. The summed E-state index contributed by atoms with van der Waals surface area (Å²) in [5.41, 5.74) is 1.76. The first-order chi connectivity index (χ1) is 14.4. The van der Waals surface area contributed by atoms with E-state index >= 15 is 0 Å². The minimum Gasteiger partial charge on any atom is -0.497 e. The van der Waals surface area contributed by atoms with Gasteiger partial charge in [0.1, 0.15) is 11.6 Å². The van der Waals surface area contributed by atoms with Gasteiger partial charge in [-0.05, 0) is 49.7 Å². The van der Waals surface area contributed by atoms with Crippen molar-refractivity contribution in [1.82, 2.24) is 14.9 Å². The van der Waals surface area contributed by atoms with Gasteiger partial charge in [0.2, 0.25) is 5.89 Å². The molecule has 1 aromatic carbocycles. The molecule has 1 aliphatic rings. The summed E-state index contributed by atoms with van der Waals surface area (Å²) in [5, 5.41) is 0.505. The average Bonchev–Trinajstić information content (AvgIpc) is 3.18. The number of pyridine rings is 1. The zero-order valence-corrected chi connectivity index (χ0v) is 18.2. The monoisotopic (exact) mass is 408 g/mol. The minimum absolute atomic E-state index is 0.137. The second kappa shape index (κ2) is 8.07. The molecule has 0 spiro atoms. The van der Waals surface area contributed by atoms with Gasteiger partial charge in [-0.15, -0.1) is 0 Å². The van der Waals surface area contributed by atoms with Crippen molar-refractivity contribution < 1.29 is 9.15 Å². The molecule has 1 aliphatic heterocycles. The van der Waals surface area contributed by atoms with Gasteiger partial charge < -0.3 is 19.0 Å². The number of nitrogens with zero attached hydrogens (tertiary/aromatic N) is 4. The Hall–Kier alpha value is -2.93. The molecule has 2 aromatic heterocycles. The van der Waals surface area contributed by atoms with Crippen molar-refractivity contribution >= 4 is 16.7 Å². The summed E-state index contributed by atoms with van der Waals surface area (Å²) in [6.45, 7) is 6.09. The summed E-state index contributed by atoms with van der Waals surface area (Å²) in [6.07, 6.45) is 2.82. The highest BCUT2D eigenvalue weighted by Crippen LogP contribution is 2.32. The lowest BCUT2D eigenvalue weighted by atomic mass is 9.98. The summed E-state index contributed by atoms with van der Waals surface area (Å²) in [4.78, 5) is 26.8. The molecule has 3 aromatic rings. The van der Waals surface area contributed by atoms with E-state index in [-0.39, 0.29) is 17.4 Å². The minimum atomic E-state index is -0.389. The number of anilines is 1. The van der Waals surface area contributed by atoms with E-state index in [9.17, 15) is 4.79 Å². The zero-order chi connectivity index (χ0) is 21.4. The molecular weight excluding hydrogens is 380 g/mol. The van der Waals surface area contributed by atoms with Crippen LogP contribution < -0.4 is 15.3 Å². The van der Waals surface area contributed by atoms with E-state index in [1.807, 2.05) is 39.1 Å². The van der Waals surface area contributed by atoms with Crippen LogP contribution in [0, 0.1) is 0 Å². The van der Waals surface area contributed by atoms with E-state index in [1.54, 1.807) is 19.4 Å². The largest absolute Gasteiger partial charge is 0.497 e. The van der Waals surface area contributed by atoms with Gasteiger partial charge in [-0.25, -0.2) is 14.8 Å². The third kappa shape index (κ3) is 3.65. The highest BCUT2D eigenvalue weighted by atomic mass is 16.5. The number of likely N-dealkylation sites (tertiary alicyclic amines) is 1. The zero-order valence-electron chi connectivity index (χ0n) is 18.2. The van der Waals surface area contributed by atoms with Crippen molar-refractivity contribution in [1.29, 1.82) is 0 Å². The van der Waals surface area contributed by atoms with Crippen LogP contribution in [0.4, 0.5) is 5.82 Å². The van der Waals surface area contributed by atoms with Gasteiger partial charge in [-0.3, -0.25) is 0 Å². The van der Waals surface area contributed by atoms with E-state index in [1.165, 1.54) is 0 Å². The van der Waals surface area contributed by atoms with Crippen LogP contribution in [0.1, 0.15) is 31.7 Å². The lowest BCUT2D eigenvalue weighted by Gasteiger charge is -2.27. The molecule has 0 aliphatic carbocycles. The first-order valence-electron chi connectivity index (χ1n) is 10.3. The number of benzene rings is 1. The number of fused-ring (bicyclic) bond motifs is 1. The van der Waals surface area contributed by atoms with Gasteiger partial charge in [0.25, 0.3) is 0 Å². The summed E-state index contributed by atoms with van der Waals surface area (Å²) >= 11 is 0. The Bertz CT molecular complexity index is 1130. The Kier molecular flexibility index (Phi) is 5.47. The number of methoxy groups -OCH3 is 1. The Labute approximate surface area is 176 Å². The molecule has 1 fully saturated rings. The van der Waals surface area contributed by atoms with Crippen LogP contribution in [-0.4, -0.2) is 55.2 Å². The number of hydrogen-bond donors (Lipinski definition) is 0. The van der Waals surface area contributed by atoms with Crippen LogP contribution in [0.3, 0.4) is 0 Å². The fourth-order valence-corrected chi connectivity index (χ4v) is 4.14. The van der Waals surface area contributed by atoms with Gasteiger partial charge in [-0.2, -0.15) is 0 Å². The predicted octanol–water partition coefficient (Wildman–Crippen LogP) is 3.52. The molecule has 4 rings (SSSR count). The van der Waals surface area contributed by atoms with Crippen molar-refractivity contribution in [2.45, 2.75) is 32.2 Å². The molecule has 0 bridgehead atoms. The lowest BCUT2D eigenvalue weighted by Crippen LogP contribution is -2.34. The van der Waals surface area contributed by atoms with Gasteiger partial charge in [0.05, 0.1) is 23.6 Å². The van der Waals surface area contributed by atoms with E-state index in [0.29, 0.717) is 28.3 Å². The third-order valence-corrected chi connectivity index (χ3v) is 5.86. The fraction of sp³-hybridized carbons (Fsp3) is 0.435. The van der Waals surface area contributed by atoms with E-state index in [2.05, 4.69) is 21.8 Å². The van der Waals surface area contributed by atoms with Crippen molar-refractivity contribution in [3.8, 4) is 17.2 Å². The van der Waals surface area contributed by atoms with Crippen molar-refractivity contribution in [3.05, 3.63) is 46.4 Å². The molecule has 0 amide bonds. The molecule has 30 heavy (non-hydrogen) atoms. The van der Waals surface area contributed by atoms with E-state index < -0.39 is 0 Å². The van der Waals surface area contributed by atoms with Crippen molar-refractivity contribution in [2.75, 3.05) is 39.2 Å². The van der Waals surface area contributed by atoms with Crippen LogP contribution in [0.5, 0.6) is 5.75 Å². The van der Waals surface area contributed by atoms with Crippen LogP contribution in [0.2, 0.25) is 0 Å². The molecule has 0 N–H and O–H groups in total. The van der Waals surface area contributed by atoms with E-state index in [4.69, 9.17) is 14.1 Å². The molecule has 0 saturated carbocycles. The van der Waals surface area contributed by atoms with Crippen molar-refractivity contribution in [3.63, 3.8) is 0 Å². The maximum Gasteiger partial charge on any atom is 0.347 e. The lowest BCUT2D eigenvalue weighted by molar-refractivity contribution is 0.409. The average molecular weight is 409 g/mol. The molecular formula is C23H28N4O3. The Morgan fingerprint density at radius 1 is 1.33 bits per heavy atom. The molecule has 1 atom stereocenters. The SMILES string of the molecule is COc1cc(C(C)C)c2c(=O)oc(-c3cccnc3N(C)C3CCN(C)C3)nc2c1. The third-order valence-electron chi connectivity index (χ3n) is 5.86. The first-order valence-corrected chi connectivity index (χ1v) is 10.3. The fourth-order valence-electron chi connectivity index (χ4n) is 4.14. The number of ether oxygens (including phenoxy) is 1. The maximum atomic E-state index is 13.0. The molecule has 158 valence electrons. The Morgan fingerprint density at radius 3 is 2.80 bits per heavy atom. The van der Waals surface area contributed by atoms with Gasteiger partial charge in [-0.1, -0.05) is 13.8 Å². The summed E-state index contributed by atoms with van der Waals surface area (Å²) < 4.78 is 11.2. The second-order valence-electron chi connectivity index (χ2n) is 8.26. The molecule has 1 saturated heterocycles. The Balaban J connectivity index is 1.86. The van der Waals surface area contributed by atoms with Crippen LogP contribution >= 0.6 is 0 Å². The topological polar surface area (TPSA) is 71.7 Å².